The Balaban J connectivity index is 0. The lowest BCUT2D eigenvalue weighted by Gasteiger charge is -1.98. The van der Waals surface area contributed by atoms with E-state index in [4.69, 9.17) is 9.53 Å². The van der Waals surface area contributed by atoms with Crippen LogP contribution in [0.2, 0.25) is 6.04 Å². The highest BCUT2D eigenvalue weighted by Crippen LogP contribution is 1.97. The van der Waals surface area contributed by atoms with Gasteiger partial charge in [0, 0.05) is 14.2 Å². The summed E-state index contributed by atoms with van der Waals surface area (Å²) in [5, 5.41) is 8.38. The molecule has 1 aromatic rings. The molecule has 1 rings (SSSR count). The molecular formula is C13H26O4Si2. The van der Waals surface area contributed by atoms with Gasteiger partial charge in [-0.1, -0.05) is 32.0 Å². The summed E-state index contributed by atoms with van der Waals surface area (Å²) in [6, 6.07) is 9.61. The quantitative estimate of drug-likeness (QED) is 0.846. The Kier molecular flexibility index (Phi) is 16.2. The molecule has 0 aliphatic carbocycles. The summed E-state index contributed by atoms with van der Waals surface area (Å²) in [5.74, 6) is -0.0396. The largest absolute Gasteiger partial charge is 0.478 e. The van der Waals surface area contributed by atoms with Crippen molar-refractivity contribution in [3.05, 3.63) is 35.9 Å². The van der Waals surface area contributed by atoms with Gasteiger partial charge >= 0.3 is 5.97 Å². The van der Waals surface area contributed by atoms with E-state index in [1.807, 2.05) is 0 Å². The summed E-state index contributed by atoms with van der Waals surface area (Å²) >= 11 is 0. The van der Waals surface area contributed by atoms with E-state index in [0.717, 1.165) is 16.4 Å². The number of carboxylic acids is 1. The zero-order valence-electron chi connectivity index (χ0n) is 12.6. The molecule has 0 amide bonds. The first-order chi connectivity index (χ1) is 8.99. The van der Waals surface area contributed by atoms with Gasteiger partial charge < -0.3 is 14.0 Å². The second-order valence-electron chi connectivity index (χ2n) is 4.25. The van der Waals surface area contributed by atoms with Crippen LogP contribution < -0.4 is 0 Å². The van der Waals surface area contributed by atoms with Crippen LogP contribution in [0.3, 0.4) is 0 Å². The Bertz CT molecular complexity index is 305. The standard InChI is InChI=1S/C7H6O2.C5H14OSi.CH6OSi/c8-7(9)6-4-2-1-3-5-6;1-5(2)4-7-6-3;1-2-3/h1-5H,(H,8,9);5H,4,7H2,1-3H3;1,3H3. The first-order valence-corrected chi connectivity index (χ1v) is 8.56. The number of carboxylic acid groups (broad SMARTS) is 1. The van der Waals surface area contributed by atoms with Gasteiger partial charge in [-0.3, -0.25) is 0 Å². The van der Waals surface area contributed by atoms with Crippen LogP contribution in [-0.2, 0) is 8.85 Å². The summed E-state index contributed by atoms with van der Waals surface area (Å²) in [7, 11) is 4.23. The normalized spacial score (nSPS) is 9.74. The van der Waals surface area contributed by atoms with Crippen molar-refractivity contribution in [1.29, 1.82) is 0 Å². The predicted octanol–water partition coefficient (Wildman–Crippen LogP) is 1.09. The highest BCUT2D eigenvalue weighted by molar-refractivity contribution is 6.26. The Morgan fingerprint density at radius 1 is 1.32 bits per heavy atom. The molecule has 0 radical (unpaired) electrons. The SMILES string of the molecule is CO[SiH2]CC(C)C.CO[SiH3].O=C(O)c1ccccc1. The molecule has 4 nitrogen and oxygen atoms in total. The van der Waals surface area contributed by atoms with E-state index in [2.05, 4.69) is 18.3 Å². The van der Waals surface area contributed by atoms with Crippen LogP contribution in [0.15, 0.2) is 30.3 Å². The molecule has 0 fully saturated rings. The summed E-state index contributed by atoms with van der Waals surface area (Å²) in [4.78, 5) is 10.2. The first kappa shape index (κ1) is 20.4. The highest BCUT2D eigenvalue weighted by Gasteiger charge is 1.96. The van der Waals surface area contributed by atoms with Crippen LogP contribution in [0.25, 0.3) is 0 Å². The lowest BCUT2D eigenvalue weighted by molar-refractivity contribution is 0.0697. The second-order valence-corrected chi connectivity index (χ2v) is 6.63. The van der Waals surface area contributed by atoms with Crippen molar-refractivity contribution in [2.24, 2.45) is 5.92 Å². The van der Waals surface area contributed by atoms with Crippen LogP contribution in [0.5, 0.6) is 0 Å². The molecule has 6 heteroatoms. The molecule has 110 valence electrons. The minimum absolute atomic E-state index is 0.126. The zero-order chi connectivity index (χ0) is 15.1. The number of rotatable bonds is 4. The third kappa shape index (κ3) is 17.0. The molecule has 1 aromatic carbocycles. The third-order valence-electron chi connectivity index (χ3n) is 1.92. The Hall–Kier alpha value is -0.956. The molecule has 0 spiro atoms. The molecule has 0 bridgehead atoms. The Morgan fingerprint density at radius 3 is 2.00 bits per heavy atom. The molecule has 0 saturated carbocycles. The van der Waals surface area contributed by atoms with Gasteiger partial charge in [0.25, 0.3) is 0 Å². The molecule has 0 saturated heterocycles. The fourth-order valence-corrected chi connectivity index (χ4v) is 1.64. The van der Waals surface area contributed by atoms with Gasteiger partial charge in [-0.05, 0) is 24.1 Å². The molecule has 0 aromatic heterocycles. The molecule has 0 heterocycles. The van der Waals surface area contributed by atoms with E-state index >= 15 is 0 Å². The van der Waals surface area contributed by atoms with Gasteiger partial charge in [0.15, 0.2) is 9.76 Å². The predicted molar refractivity (Wildman–Crippen MR) is 85.5 cm³/mol. The zero-order valence-corrected chi connectivity index (χ0v) is 16.0. The van der Waals surface area contributed by atoms with E-state index in [-0.39, 0.29) is 9.76 Å². The van der Waals surface area contributed by atoms with E-state index < -0.39 is 5.97 Å². The topological polar surface area (TPSA) is 55.8 Å². The highest BCUT2D eigenvalue weighted by atomic mass is 28.2. The van der Waals surface area contributed by atoms with Gasteiger partial charge in [-0.25, -0.2) is 4.79 Å². The summed E-state index contributed by atoms with van der Waals surface area (Å²) in [6.45, 7) is 4.46. The van der Waals surface area contributed by atoms with Crippen LogP contribution in [0, 0.1) is 5.92 Å². The maximum atomic E-state index is 10.2. The number of aromatic carboxylic acids is 1. The van der Waals surface area contributed by atoms with Crippen molar-refractivity contribution in [3.8, 4) is 0 Å². The monoisotopic (exact) mass is 302 g/mol. The fourth-order valence-electron chi connectivity index (χ4n) is 0.934. The molecule has 0 unspecified atom stereocenters. The minimum atomic E-state index is -0.879. The maximum absolute atomic E-state index is 10.2. The first-order valence-electron chi connectivity index (χ1n) is 6.16. The number of hydrogen-bond acceptors (Lipinski definition) is 3. The number of hydrogen-bond donors (Lipinski definition) is 1. The minimum Gasteiger partial charge on any atom is -0.478 e. The van der Waals surface area contributed by atoms with Crippen molar-refractivity contribution in [3.63, 3.8) is 0 Å². The summed E-state index contributed by atoms with van der Waals surface area (Å²) < 4.78 is 9.38. The van der Waals surface area contributed by atoms with Gasteiger partial charge in [0.1, 0.15) is 10.5 Å². The average Bonchev–Trinajstić information content (AvgIpc) is 2.39. The molecule has 19 heavy (non-hydrogen) atoms. The smallest absolute Gasteiger partial charge is 0.335 e. The van der Waals surface area contributed by atoms with Gasteiger partial charge in [-0.15, -0.1) is 0 Å². The number of benzene rings is 1. The van der Waals surface area contributed by atoms with Crippen LogP contribution >= 0.6 is 0 Å². The second kappa shape index (κ2) is 15.1. The molecule has 0 aliphatic heterocycles. The van der Waals surface area contributed by atoms with Crippen LogP contribution in [0.4, 0.5) is 0 Å². The molecule has 1 N–H and O–H groups in total. The van der Waals surface area contributed by atoms with Crippen molar-refractivity contribution < 1.29 is 18.8 Å². The fraction of sp³-hybridized carbons (Fsp3) is 0.462. The van der Waals surface area contributed by atoms with E-state index in [9.17, 15) is 4.79 Å². The van der Waals surface area contributed by atoms with Crippen molar-refractivity contribution in [1.82, 2.24) is 0 Å². The van der Waals surface area contributed by atoms with E-state index in [1.165, 1.54) is 6.04 Å². The van der Waals surface area contributed by atoms with Crippen molar-refractivity contribution >= 4 is 26.2 Å². The average molecular weight is 303 g/mol. The van der Waals surface area contributed by atoms with E-state index in [0.29, 0.717) is 5.56 Å². The van der Waals surface area contributed by atoms with Gasteiger partial charge in [-0.2, -0.15) is 0 Å². The lowest BCUT2D eigenvalue weighted by atomic mass is 10.2. The van der Waals surface area contributed by atoms with Crippen LogP contribution in [0.1, 0.15) is 24.2 Å². The van der Waals surface area contributed by atoms with Gasteiger partial charge in [0.2, 0.25) is 0 Å². The third-order valence-corrected chi connectivity index (χ3v) is 3.72. The summed E-state index contributed by atoms with van der Waals surface area (Å²) in [6.07, 6.45) is 0. The van der Waals surface area contributed by atoms with Crippen molar-refractivity contribution in [2.75, 3.05) is 14.2 Å². The molecular weight excluding hydrogens is 276 g/mol. The Labute approximate surface area is 121 Å². The molecule has 0 atom stereocenters. The van der Waals surface area contributed by atoms with Crippen LogP contribution in [-0.4, -0.2) is 45.5 Å². The summed E-state index contributed by atoms with van der Waals surface area (Å²) in [5.41, 5.74) is 0.331. The number of carbonyl (C=O) groups is 1. The van der Waals surface area contributed by atoms with E-state index in [1.54, 1.807) is 44.6 Å². The van der Waals surface area contributed by atoms with Gasteiger partial charge in [0.05, 0.1) is 5.56 Å². The lowest BCUT2D eigenvalue weighted by Crippen LogP contribution is -1.97. The maximum Gasteiger partial charge on any atom is 0.335 e. The Morgan fingerprint density at radius 2 is 1.79 bits per heavy atom. The molecule has 0 aliphatic rings. The van der Waals surface area contributed by atoms with Crippen molar-refractivity contribution in [2.45, 2.75) is 19.9 Å².